The van der Waals surface area contributed by atoms with Crippen molar-refractivity contribution in [3.05, 3.63) is 59.0 Å². The minimum Gasteiger partial charge on any atom is -0.493 e. The van der Waals surface area contributed by atoms with Crippen LogP contribution in [0.25, 0.3) is 10.4 Å². The Balaban J connectivity index is 1.64. The molecular formula is C19H20ClN3O3S. The summed E-state index contributed by atoms with van der Waals surface area (Å²) in [6.45, 7) is 2.09. The van der Waals surface area contributed by atoms with E-state index in [4.69, 9.17) is 22.1 Å². The third-order valence-corrected chi connectivity index (χ3v) is 5.45. The quantitative estimate of drug-likeness (QED) is 0.597. The molecule has 2 heterocycles. The highest BCUT2D eigenvalue weighted by atomic mass is 35.5. The molecule has 0 bridgehead atoms. The van der Waals surface area contributed by atoms with Crippen molar-refractivity contribution in [2.24, 2.45) is 5.73 Å². The van der Waals surface area contributed by atoms with Crippen LogP contribution in [0.1, 0.15) is 29.9 Å². The van der Waals surface area contributed by atoms with E-state index < -0.39 is 12.0 Å². The van der Waals surface area contributed by atoms with E-state index in [0.29, 0.717) is 13.0 Å². The van der Waals surface area contributed by atoms with E-state index in [1.165, 1.54) is 17.7 Å². The molecule has 0 aliphatic carbocycles. The number of carbonyl (C=O) groups excluding carboxylic acids is 1. The molecular weight excluding hydrogens is 386 g/mol. The number of nitrogens with zero attached hydrogens (tertiary/aromatic N) is 2. The van der Waals surface area contributed by atoms with Crippen LogP contribution in [0.4, 0.5) is 0 Å². The highest BCUT2D eigenvalue weighted by Crippen LogP contribution is 2.32. The molecule has 27 heavy (non-hydrogen) atoms. The second-order valence-electron chi connectivity index (χ2n) is 6.15. The Morgan fingerprint density at radius 1 is 1.41 bits per heavy atom. The summed E-state index contributed by atoms with van der Waals surface area (Å²) in [5, 5.41) is 10.1. The minimum absolute atomic E-state index is 0.170. The number of thiophene rings is 1. The standard InChI is InChI=1S/C19H20ClN3O3S/c1-12(24)16(23-10-15(19(21)25)22-11-23)7-8-26-14-4-2-3-13(9-14)17-5-6-18(20)27-17/h2-6,9-12,16,24H,7-8H2,1H3,(H2,21,25). The maximum atomic E-state index is 11.2. The highest BCUT2D eigenvalue weighted by molar-refractivity contribution is 7.19. The molecule has 142 valence electrons. The summed E-state index contributed by atoms with van der Waals surface area (Å²) in [6.07, 6.45) is 2.95. The molecule has 6 nitrogen and oxygen atoms in total. The first kappa shape index (κ1) is 19.4. The monoisotopic (exact) mass is 405 g/mol. The van der Waals surface area contributed by atoms with Crippen molar-refractivity contribution in [3.63, 3.8) is 0 Å². The second-order valence-corrected chi connectivity index (χ2v) is 7.86. The van der Waals surface area contributed by atoms with E-state index in [2.05, 4.69) is 4.98 Å². The lowest BCUT2D eigenvalue weighted by Crippen LogP contribution is -2.23. The lowest BCUT2D eigenvalue weighted by molar-refractivity contribution is 0.0993. The highest BCUT2D eigenvalue weighted by Gasteiger charge is 2.19. The Kier molecular flexibility index (Phi) is 6.15. The number of hydrogen-bond donors (Lipinski definition) is 2. The van der Waals surface area contributed by atoms with Gasteiger partial charge in [0.2, 0.25) is 0 Å². The fraction of sp³-hybridized carbons (Fsp3) is 0.263. The number of halogens is 1. The number of amides is 1. The van der Waals surface area contributed by atoms with Gasteiger partial charge in [-0.1, -0.05) is 23.7 Å². The number of imidazole rings is 1. The molecule has 0 spiro atoms. The predicted molar refractivity (Wildman–Crippen MR) is 106 cm³/mol. The Morgan fingerprint density at radius 2 is 2.22 bits per heavy atom. The van der Waals surface area contributed by atoms with Gasteiger partial charge < -0.3 is 20.1 Å². The average molecular weight is 406 g/mol. The molecule has 2 unspecified atom stereocenters. The summed E-state index contributed by atoms with van der Waals surface area (Å²) < 4.78 is 8.30. The average Bonchev–Trinajstić information content (AvgIpc) is 3.28. The third-order valence-electron chi connectivity index (χ3n) is 4.17. The van der Waals surface area contributed by atoms with E-state index in [1.54, 1.807) is 17.7 Å². The Labute approximate surface area is 166 Å². The van der Waals surface area contributed by atoms with Gasteiger partial charge in [0.15, 0.2) is 0 Å². The number of carbonyl (C=O) groups is 1. The molecule has 0 saturated heterocycles. The van der Waals surface area contributed by atoms with Crippen LogP contribution in [-0.2, 0) is 0 Å². The number of aliphatic hydroxyl groups excluding tert-OH is 1. The largest absolute Gasteiger partial charge is 0.493 e. The Hall–Kier alpha value is -2.35. The van der Waals surface area contributed by atoms with Crippen LogP contribution < -0.4 is 10.5 Å². The summed E-state index contributed by atoms with van der Waals surface area (Å²) in [7, 11) is 0. The van der Waals surface area contributed by atoms with E-state index in [1.807, 2.05) is 36.4 Å². The van der Waals surface area contributed by atoms with E-state index in [-0.39, 0.29) is 11.7 Å². The summed E-state index contributed by atoms with van der Waals surface area (Å²) in [5.74, 6) is 0.143. The molecule has 2 aromatic heterocycles. The van der Waals surface area contributed by atoms with Gasteiger partial charge in [-0.2, -0.15) is 0 Å². The lowest BCUT2D eigenvalue weighted by atomic mass is 10.1. The third kappa shape index (κ3) is 4.88. The van der Waals surface area contributed by atoms with Gasteiger partial charge >= 0.3 is 0 Å². The van der Waals surface area contributed by atoms with E-state index in [0.717, 1.165) is 20.5 Å². The number of benzene rings is 1. The smallest absolute Gasteiger partial charge is 0.268 e. The molecule has 0 fully saturated rings. The molecule has 0 aliphatic rings. The fourth-order valence-corrected chi connectivity index (χ4v) is 3.83. The van der Waals surface area contributed by atoms with Crippen LogP contribution >= 0.6 is 22.9 Å². The first-order chi connectivity index (χ1) is 12.9. The number of nitrogens with two attached hydrogens (primary N) is 1. The van der Waals surface area contributed by atoms with Crippen LogP contribution in [0, 0.1) is 0 Å². The summed E-state index contributed by atoms with van der Waals surface area (Å²) in [6, 6.07) is 11.4. The number of ether oxygens (including phenoxy) is 1. The predicted octanol–water partition coefficient (Wildman–Crippen LogP) is 3.75. The normalized spacial score (nSPS) is 13.3. The zero-order chi connectivity index (χ0) is 19.4. The van der Waals surface area contributed by atoms with Crippen molar-refractivity contribution in [1.29, 1.82) is 0 Å². The van der Waals surface area contributed by atoms with Crippen molar-refractivity contribution in [2.45, 2.75) is 25.5 Å². The number of primary amides is 1. The van der Waals surface area contributed by atoms with Crippen molar-refractivity contribution < 1.29 is 14.6 Å². The maximum Gasteiger partial charge on any atom is 0.268 e. The second kappa shape index (κ2) is 8.56. The van der Waals surface area contributed by atoms with Gasteiger partial charge in [-0.25, -0.2) is 4.98 Å². The van der Waals surface area contributed by atoms with Crippen LogP contribution in [-0.4, -0.2) is 33.3 Å². The zero-order valence-electron chi connectivity index (χ0n) is 14.7. The van der Waals surface area contributed by atoms with Gasteiger partial charge in [0, 0.05) is 17.5 Å². The van der Waals surface area contributed by atoms with Crippen LogP contribution in [0.3, 0.4) is 0 Å². The Bertz CT molecular complexity index is 922. The molecule has 0 aliphatic heterocycles. The van der Waals surface area contributed by atoms with Crippen LogP contribution in [0.2, 0.25) is 4.34 Å². The number of rotatable bonds is 8. The number of hydrogen-bond acceptors (Lipinski definition) is 5. The maximum absolute atomic E-state index is 11.2. The molecule has 3 rings (SSSR count). The van der Waals surface area contributed by atoms with E-state index in [9.17, 15) is 9.90 Å². The van der Waals surface area contributed by atoms with Crippen molar-refractivity contribution >= 4 is 28.8 Å². The minimum atomic E-state index is -0.636. The molecule has 8 heteroatoms. The summed E-state index contributed by atoms with van der Waals surface area (Å²) in [5.41, 5.74) is 6.44. The first-order valence-corrected chi connectivity index (χ1v) is 9.63. The molecule has 0 saturated carbocycles. The molecule has 1 aromatic carbocycles. The van der Waals surface area contributed by atoms with Gasteiger partial charge in [0.25, 0.3) is 5.91 Å². The molecule has 3 aromatic rings. The van der Waals surface area contributed by atoms with Crippen LogP contribution in [0.15, 0.2) is 48.9 Å². The molecule has 1 amide bonds. The fourth-order valence-electron chi connectivity index (χ4n) is 2.79. The van der Waals surface area contributed by atoms with Crippen molar-refractivity contribution in [1.82, 2.24) is 9.55 Å². The Morgan fingerprint density at radius 3 is 2.85 bits per heavy atom. The topological polar surface area (TPSA) is 90.4 Å². The summed E-state index contributed by atoms with van der Waals surface area (Å²) in [4.78, 5) is 16.2. The van der Waals surface area contributed by atoms with Crippen molar-refractivity contribution in [3.8, 4) is 16.2 Å². The number of aromatic nitrogens is 2. The molecule has 3 N–H and O–H groups in total. The van der Waals surface area contributed by atoms with Crippen LogP contribution in [0.5, 0.6) is 5.75 Å². The molecule has 0 radical (unpaired) electrons. The van der Waals surface area contributed by atoms with Gasteiger partial charge in [-0.3, -0.25) is 4.79 Å². The van der Waals surface area contributed by atoms with E-state index >= 15 is 0 Å². The summed E-state index contributed by atoms with van der Waals surface area (Å²) >= 11 is 7.52. The number of aliphatic hydroxyl groups is 1. The van der Waals surface area contributed by atoms with Gasteiger partial charge in [-0.15, -0.1) is 11.3 Å². The first-order valence-electron chi connectivity index (χ1n) is 8.44. The molecule has 2 atom stereocenters. The SMILES string of the molecule is CC(O)C(CCOc1cccc(-c2ccc(Cl)s2)c1)n1cnc(C(N)=O)c1. The van der Waals surface area contributed by atoms with Crippen molar-refractivity contribution in [2.75, 3.05) is 6.61 Å². The van der Waals surface area contributed by atoms with Gasteiger partial charge in [0.05, 0.1) is 29.4 Å². The van der Waals surface area contributed by atoms with Gasteiger partial charge in [0.1, 0.15) is 11.4 Å². The van der Waals surface area contributed by atoms with Gasteiger partial charge in [-0.05, 0) is 36.8 Å². The zero-order valence-corrected chi connectivity index (χ0v) is 16.3. The lowest BCUT2D eigenvalue weighted by Gasteiger charge is -2.21.